The Hall–Kier alpha value is -8.79. The number of aryl methyl sites for hydroxylation is 13. The molecule has 8 aromatic heterocycles. The Labute approximate surface area is 470 Å². The Morgan fingerprint density at radius 3 is 1.40 bits per heavy atom. The van der Waals surface area contributed by atoms with Gasteiger partial charge in [-0.1, -0.05) is 127 Å². The molecule has 0 N–H and O–H groups in total. The molecule has 0 aliphatic rings. The van der Waals surface area contributed by atoms with Gasteiger partial charge in [-0.15, -0.1) is 11.3 Å². The van der Waals surface area contributed by atoms with Crippen LogP contribution in [0.4, 0.5) is 0 Å². The number of rotatable bonds is 3. The lowest BCUT2D eigenvalue weighted by molar-refractivity contribution is 0.558. The first-order valence-corrected chi connectivity index (χ1v) is 28.3. The molecule has 15 rings (SSSR count). The lowest BCUT2D eigenvalue weighted by atomic mass is 10.1. The molecule has 0 unspecified atom stereocenters. The zero-order valence-corrected chi connectivity index (χ0v) is 49.1. The molecular formula is C71H67N5O3S. The summed E-state index contributed by atoms with van der Waals surface area (Å²) in [6, 6.07) is 52.9. The monoisotopic (exact) mass is 1070 g/mol. The van der Waals surface area contributed by atoms with Crippen molar-refractivity contribution < 1.29 is 13.3 Å². The highest BCUT2D eigenvalue weighted by Crippen LogP contribution is 2.41. The summed E-state index contributed by atoms with van der Waals surface area (Å²) < 4.78 is 27.2. The van der Waals surface area contributed by atoms with Gasteiger partial charge in [0.05, 0.1) is 44.4 Å². The predicted molar refractivity (Wildman–Crippen MR) is 337 cm³/mol. The zero-order valence-electron chi connectivity index (χ0n) is 48.3. The number of nitrogens with zero attached hydrogens (tertiary/aromatic N) is 5. The van der Waals surface area contributed by atoms with E-state index in [1.165, 1.54) is 132 Å². The van der Waals surface area contributed by atoms with Gasteiger partial charge in [-0.2, -0.15) is 0 Å². The van der Waals surface area contributed by atoms with Gasteiger partial charge in [-0.25, -0.2) is 4.98 Å². The number of fused-ring (bicyclic) bond motifs is 12. The van der Waals surface area contributed by atoms with Crippen molar-refractivity contribution in [2.75, 3.05) is 0 Å². The lowest BCUT2D eigenvalue weighted by Gasteiger charge is -2.13. The SMILES string of the molecule is Cc1cccc(C)c1-n1c(C)c(C)c2c3ccccc3oc21.Cc1cccc(C)c1-n1c2ccccc2c2c(C)c(C)oc21.Cc1cccc(C)c1-n1c2ccccc2c2c1nc(C)n2C.Cc1sc2oc3ccccc3c2c1C. The van der Waals surface area contributed by atoms with Crippen LogP contribution in [0.3, 0.4) is 0 Å². The van der Waals surface area contributed by atoms with E-state index in [0.29, 0.717) is 0 Å². The molecule has 80 heavy (non-hydrogen) atoms. The van der Waals surface area contributed by atoms with Gasteiger partial charge >= 0.3 is 0 Å². The van der Waals surface area contributed by atoms with E-state index < -0.39 is 0 Å². The molecule has 8 heterocycles. The number of benzene rings is 7. The van der Waals surface area contributed by atoms with E-state index in [2.05, 4.69) is 236 Å². The molecule has 400 valence electrons. The number of hydrogen-bond acceptors (Lipinski definition) is 5. The summed E-state index contributed by atoms with van der Waals surface area (Å²) in [5.41, 5.74) is 24.9. The van der Waals surface area contributed by atoms with E-state index in [1.807, 2.05) is 31.2 Å². The summed E-state index contributed by atoms with van der Waals surface area (Å²) in [4.78, 5) is 7.24. The Morgan fingerprint density at radius 2 is 0.825 bits per heavy atom. The average Bonchev–Trinajstić information content (AvgIpc) is 3.87. The molecule has 15 aromatic rings. The van der Waals surface area contributed by atoms with Crippen molar-refractivity contribution in [2.45, 2.75) is 90.0 Å². The minimum absolute atomic E-state index is 0.952. The van der Waals surface area contributed by atoms with Crippen molar-refractivity contribution in [2.24, 2.45) is 7.05 Å². The molecule has 0 saturated heterocycles. The van der Waals surface area contributed by atoms with E-state index >= 15 is 0 Å². The summed E-state index contributed by atoms with van der Waals surface area (Å²) in [6.45, 7) is 27.9. The molecule has 0 aliphatic heterocycles. The fourth-order valence-corrected chi connectivity index (χ4v) is 13.2. The van der Waals surface area contributed by atoms with Crippen LogP contribution < -0.4 is 0 Å². The zero-order chi connectivity index (χ0) is 56.0. The van der Waals surface area contributed by atoms with Crippen LogP contribution in [-0.2, 0) is 7.05 Å². The molecule has 0 atom stereocenters. The second kappa shape index (κ2) is 20.1. The van der Waals surface area contributed by atoms with Crippen molar-refractivity contribution in [1.82, 2.24) is 23.3 Å². The van der Waals surface area contributed by atoms with Crippen LogP contribution in [0.5, 0.6) is 0 Å². The minimum Gasteiger partial charge on any atom is -0.445 e. The predicted octanol–water partition coefficient (Wildman–Crippen LogP) is 19.9. The van der Waals surface area contributed by atoms with Crippen molar-refractivity contribution >= 4 is 98.7 Å². The molecule has 0 fully saturated rings. The summed E-state index contributed by atoms with van der Waals surface area (Å²) in [5.74, 6) is 2.03. The Kier molecular flexibility index (Phi) is 13.1. The van der Waals surface area contributed by atoms with Gasteiger partial charge in [0.2, 0.25) is 11.4 Å². The second-order valence-corrected chi connectivity index (χ2v) is 22.8. The molecule has 0 aliphatic carbocycles. The maximum atomic E-state index is 6.21. The molecule has 0 amide bonds. The maximum Gasteiger partial charge on any atom is 0.213 e. The smallest absolute Gasteiger partial charge is 0.213 e. The largest absolute Gasteiger partial charge is 0.445 e. The highest BCUT2D eigenvalue weighted by molar-refractivity contribution is 7.18. The lowest BCUT2D eigenvalue weighted by Crippen LogP contribution is -2.01. The number of furan rings is 3. The van der Waals surface area contributed by atoms with Crippen molar-refractivity contribution in [3.05, 3.63) is 224 Å². The van der Waals surface area contributed by atoms with Crippen molar-refractivity contribution in [3.63, 3.8) is 0 Å². The number of aromatic nitrogens is 5. The first-order chi connectivity index (χ1) is 38.5. The summed E-state index contributed by atoms with van der Waals surface area (Å²) >= 11 is 1.74. The second-order valence-electron chi connectivity index (χ2n) is 21.6. The minimum atomic E-state index is 0.952. The Bertz CT molecular complexity index is 4670. The van der Waals surface area contributed by atoms with Crippen LogP contribution in [0.1, 0.15) is 72.2 Å². The van der Waals surface area contributed by atoms with Gasteiger partial charge in [0.25, 0.3) is 0 Å². The van der Waals surface area contributed by atoms with Gasteiger partial charge in [0, 0.05) is 50.1 Å². The van der Waals surface area contributed by atoms with E-state index in [0.717, 1.165) is 44.7 Å². The van der Waals surface area contributed by atoms with Crippen LogP contribution in [0, 0.1) is 90.0 Å². The van der Waals surface area contributed by atoms with Crippen LogP contribution in [0.15, 0.2) is 165 Å². The fraction of sp³-hybridized carbons (Fsp3) is 0.197. The van der Waals surface area contributed by atoms with E-state index in [9.17, 15) is 0 Å². The normalized spacial score (nSPS) is 11.6. The Balaban J connectivity index is 0.000000107. The third-order valence-corrected chi connectivity index (χ3v) is 17.7. The van der Waals surface area contributed by atoms with E-state index in [1.54, 1.807) is 11.3 Å². The van der Waals surface area contributed by atoms with Crippen LogP contribution in [-0.4, -0.2) is 23.3 Å². The average molecular weight is 1070 g/mol. The number of para-hydroxylation sites is 7. The molecular weight excluding hydrogens is 1000 g/mol. The van der Waals surface area contributed by atoms with Gasteiger partial charge in [0.1, 0.15) is 22.8 Å². The summed E-state index contributed by atoms with van der Waals surface area (Å²) in [6.07, 6.45) is 0. The van der Waals surface area contributed by atoms with Gasteiger partial charge < -0.3 is 17.8 Å². The van der Waals surface area contributed by atoms with E-state index in [4.69, 9.17) is 18.2 Å². The molecule has 0 bridgehead atoms. The van der Waals surface area contributed by atoms with Crippen LogP contribution in [0.25, 0.3) is 104 Å². The van der Waals surface area contributed by atoms with E-state index in [-0.39, 0.29) is 0 Å². The molecule has 8 nitrogen and oxygen atoms in total. The molecule has 0 saturated carbocycles. The van der Waals surface area contributed by atoms with Crippen molar-refractivity contribution in [1.29, 1.82) is 0 Å². The fourth-order valence-electron chi connectivity index (χ4n) is 12.2. The summed E-state index contributed by atoms with van der Waals surface area (Å²) in [7, 11) is 2.09. The Morgan fingerprint density at radius 1 is 0.388 bits per heavy atom. The van der Waals surface area contributed by atoms with Gasteiger partial charge in [-0.05, 0) is 159 Å². The standard InChI is InChI=1S/2C20H19NO.C19H19N3.C12H10OS/c1-12-8-7-9-13(2)19(12)21-17-11-6-5-10-16(17)18-14(3)15(4)22-20(18)21;1-12-8-7-9-13(2)19(12)21-15(4)14(3)18-16-10-5-6-11-17(16)22-20(18)21;1-12-8-7-9-13(2)17(12)22-16-11-6-5-10-15(16)18-19(22)20-14(3)21(18)4;1-7-8(2)14-12-11(7)9-5-3-4-6-10(9)13-12/h3*5-11H,1-4H3;3-6H,1-2H3. The highest BCUT2D eigenvalue weighted by atomic mass is 32.1. The molecule has 0 spiro atoms. The first-order valence-electron chi connectivity index (χ1n) is 27.5. The summed E-state index contributed by atoms with van der Waals surface area (Å²) in [5, 5.41) is 8.71. The van der Waals surface area contributed by atoms with Gasteiger partial charge in [-0.3, -0.25) is 13.7 Å². The quantitative estimate of drug-likeness (QED) is 0.177. The molecule has 9 heteroatoms. The number of imidazole rings is 1. The van der Waals surface area contributed by atoms with Crippen molar-refractivity contribution in [3.8, 4) is 17.1 Å². The first kappa shape index (κ1) is 51.9. The molecule has 7 aromatic carbocycles. The van der Waals surface area contributed by atoms with Crippen LogP contribution >= 0.6 is 11.3 Å². The third-order valence-electron chi connectivity index (χ3n) is 16.6. The van der Waals surface area contributed by atoms with Crippen LogP contribution in [0.2, 0.25) is 0 Å². The number of thiophene rings is 1. The molecule has 0 radical (unpaired) electrons. The third kappa shape index (κ3) is 8.28. The highest BCUT2D eigenvalue weighted by Gasteiger charge is 2.24. The maximum absolute atomic E-state index is 6.21. The number of hydrogen-bond donors (Lipinski definition) is 0. The topological polar surface area (TPSA) is 72.0 Å². The van der Waals surface area contributed by atoms with Gasteiger partial charge in [0.15, 0.2) is 10.5 Å².